The first kappa shape index (κ1) is 11.2. The molecule has 1 aromatic rings. The Balaban J connectivity index is 1.82. The fourth-order valence-corrected chi connectivity index (χ4v) is 2.02. The van der Waals surface area contributed by atoms with Gasteiger partial charge in [-0.2, -0.15) is 5.10 Å². The Morgan fingerprint density at radius 1 is 1.50 bits per heavy atom. The molecule has 0 saturated carbocycles. The largest absolute Gasteiger partial charge is 0.382 e. The highest BCUT2D eigenvalue weighted by Gasteiger charge is 2.09. The summed E-state index contributed by atoms with van der Waals surface area (Å²) in [5.41, 5.74) is 1.14. The van der Waals surface area contributed by atoms with Crippen LogP contribution in [-0.4, -0.2) is 16.3 Å². The van der Waals surface area contributed by atoms with Crippen LogP contribution in [0.25, 0.3) is 0 Å². The van der Waals surface area contributed by atoms with Crippen molar-refractivity contribution in [1.82, 2.24) is 9.78 Å². The van der Waals surface area contributed by atoms with Crippen LogP contribution in [0.5, 0.6) is 0 Å². The van der Waals surface area contributed by atoms with E-state index in [1.165, 1.54) is 19.3 Å². The van der Waals surface area contributed by atoms with E-state index in [4.69, 9.17) is 0 Å². The Morgan fingerprint density at radius 3 is 3.00 bits per heavy atom. The molecule has 0 fully saturated rings. The fourth-order valence-electron chi connectivity index (χ4n) is 2.02. The Hall–Kier alpha value is -1.25. The van der Waals surface area contributed by atoms with Gasteiger partial charge in [0.05, 0.1) is 11.9 Å². The molecule has 0 bridgehead atoms. The molecule has 1 aromatic heterocycles. The van der Waals surface area contributed by atoms with Gasteiger partial charge in [-0.1, -0.05) is 12.2 Å². The quantitative estimate of drug-likeness (QED) is 0.788. The summed E-state index contributed by atoms with van der Waals surface area (Å²) in [6.45, 7) is 5.35. The van der Waals surface area contributed by atoms with Crippen LogP contribution in [0.2, 0.25) is 0 Å². The van der Waals surface area contributed by atoms with Crippen molar-refractivity contribution in [1.29, 1.82) is 0 Å². The van der Waals surface area contributed by atoms with Crippen molar-refractivity contribution in [2.45, 2.75) is 39.2 Å². The van der Waals surface area contributed by atoms with Crippen LogP contribution < -0.4 is 5.32 Å². The number of hydrogen-bond acceptors (Lipinski definition) is 2. The Morgan fingerprint density at radius 2 is 2.38 bits per heavy atom. The molecule has 1 unspecified atom stereocenters. The van der Waals surface area contributed by atoms with Gasteiger partial charge in [-0.25, -0.2) is 0 Å². The SMILES string of the molecule is CC(C)n1cc(NCC2CC=CCC2)cn1. The summed E-state index contributed by atoms with van der Waals surface area (Å²) in [7, 11) is 0. The molecule has 1 N–H and O–H groups in total. The fraction of sp³-hybridized carbons (Fsp3) is 0.615. The van der Waals surface area contributed by atoms with Crippen LogP contribution in [0.4, 0.5) is 5.69 Å². The smallest absolute Gasteiger partial charge is 0.0726 e. The first-order valence-corrected chi connectivity index (χ1v) is 6.18. The first-order chi connectivity index (χ1) is 7.75. The average Bonchev–Trinajstić information content (AvgIpc) is 2.76. The van der Waals surface area contributed by atoms with Crippen molar-refractivity contribution in [3.05, 3.63) is 24.5 Å². The molecule has 1 atom stereocenters. The van der Waals surface area contributed by atoms with E-state index in [9.17, 15) is 0 Å². The van der Waals surface area contributed by atoms with Gasteiger partial charge in [0.1, 0.15) is 0 Å². The number of nitrogens with one attached hydrogen (secondary N) is 1. The van der Waals surface area contributed by atoms with E-state index in [0.717, 1.165) is 18.2 Å². The lowest BCUT2D eigenvalue weighted by molar-refractivity contribution is 0.504. The third-order valence-electron chi connectivity index (χ3n) is 3.10. The monoisotopic (exact) mass is 219 g/mol. The predicted octanol–water partition coefficient (Wildman–Crippen LogP) is 3.23. The minimum atomic E-state index is 0.438. The zero-order chi connectivity index (χ0) is 11.4. The van der Waals surface area contributed by atoms with Gasteiger partial charge in [0.2, 0.25) is 0 Å². The molecule has 0 radical (unpaired) electrons. The molecular weight excluding hydrogens is 198 g/mol. The van der Waals surface area contributed by atoms with Crippen LogP contribution in [-0.2, 0) is 0 Å². The molecule has 16 heavy (non-hydrogen) atoms. The van der Waals surface area contributed by atoms with Gasteiger partial charge in [-0.05, 0) is 39.0 Å². The minimum absolute atomic E-state index is 0.438. The number of anilines is 1. The number of hydrogen-bond donors (Lipinski definition) is 1. The Kier molecular flexibility index (Phi) is 3.65. The number of allylic oxidation sites excluding steroid dienone is 2. The first-order valence-electron chi connectivity index (χ1n) is 6.18. The van der Waals surface area contributed by atoms with Gasteiger partial charge in [0.25, 0.3) is 0 Å². The predicted molar refractivity (Wildman–Crippen MR) is 67.6 cm³/mol. The molecular formula is C13H21N3. The lowest BCUT2D eigenvalue weighted by atomic mass is 9.94. The van der Waals surface area contributed by atoms with E-state index in [2.05, 4.69) is 42.6 Å². The molecule has 3 heteroatoms. The maximum absolute atomic E-state index is 4.32. The standard InChI is InChI=1S/C13H21N3/c1-11(2)16-10-13(9-15-16)14-8-12-6-4-3-5-7-12/h3-4,9-12,14H,5-8H2,1-2H3. The maximum atomic E-state index is 4.32. The topological polar surface area (TPSA) is 29.9 Å². The van der Waals surface area contributed by atoms with E-state index in [0.29, 0.717) is 6.04 Å². The number of rotatable bonds is 4. The van der Waals surface area contributed by atoms with Crippen LogP contribution in [0.3, 0.4) is 0 Å². The van der Waals surface area contributed by atoms with E-state index < -0.39 is 0 Å². The number of nitrogens with zero attached hydrogens (tertiary/aromatic N) is 2. The minimum Gasteiger partial charge on any atom is -0.382 e. The zero-order valence-electron chi connectivity index (χ0n) is 10.2. The van der Waals surface area contributed by atoms with Crippen molar-refractivity contribution in [3.63, 3.8) is 0 Å². The summed E-state index contributed by atoms with van der Waals surface area (Å²) < 4.78 is 1.99. The molecule has 0 aliphatic heterocycles. The molecule has 3 nitrogen and oxygen atoms in total. The average molecular weight is 219 g/mol. The van der Waals surface area contributed by atoms with Crippen molar-refractivity contribution >= 4 is 5.69 Å². The Labute approximate surface area is 97.5 Å². The summed E-state index contributed by atoms with van der Waals surface area (Å²) in [6.07, 6.45) is 12.3. The molecule has 0 saturated heterocycles. The second-order valence-corrected chi connectivity index (χ2v) is 4.83. The van der Waals surface area contributed by atoms with Gasteiger partial charge in [-0.15, -0.1) is 0 Å². The molecule has 2 rings (SSSR count). The highest BCUT2D eigenvalue weighted by atomic mass is 15.3. The van der Waals surface area contributed by atoms with Crippen LogP contribution in [0.15, 0.2) is 24.5 Å². The van der Waals surface area contributed by atoms with E-state index in [-0.39, 0.29) is 0 Å². The molecule has 0 spiro atoms. The normalized spacial score (nSPS) is 20.3. The van der Waals surface area contributed by atoms with Crippen molar-refractivity contribution in [2.75, 3.05) is 11.9 Å². The highest BCUT2D eigenvalue weighted by Crippen LogP contribution is 2.19. The van der Waals surface area contributed by atoms with E-state index >= 15 is 0 Å². The molecule has 1 heterocycles. The molecule has 1 aliphatic carbocycles. The summed E-state index contributed by atoms with van der Waals surface area (Å²) in [4.78, 5) is 0. The molecule has 1 aliphatic rings. The third-order valence-corrected chi connectivity index (χ3v) is 3.10. The van der Waals surface area contributed by atoms with Crippen LogP contribution >= 0.6 is 0 Å². The summed E-state index contributed by atoms with van der Waals surface area (Å²) in [6, 6.07) is 0.438. The van der Waals surface area contributed by atoms with Crippen LogP contribution in [0, 0.1) is 5.92 Å². The van der Waals surface area contributed by atoms with Crippen LogP contribution in [0.1, 0.15) is 39.2 Å². The Bertz CT molecular complexity index is 352. The van der Waals surface area contributed by atoms with E-state index in [1.54, 1.807) is 0 Å². The van der Waals surface area contributed by atoms with Crippen molar-refractivity contribution in [2.24, 2.45) is 5.92 Å². The van der Waals surface area contributed by atoms with Gasteiger partial charge < -0.3 is 5.32 Å². The van der Waals surface area contributed by atoms with E-state index in [1.807, 2.05) is 10.9 Å². The van der Waals surface area contributed by atoms with Crippen molar-refractivity contribution in [3.8, 4) is 0 Å². The van der Waals surface area contributed by atoms with Gasteiger partial charge in [0.15, 0.2) is 0 Å². The summed E-state index contributed by atoms with van der Waals surface area (Å²) in [5.74, 6) is 0.785. The van der Waals surface area contributed by atoms with Gasteiger partial charge in [0, 0.05) is 18.8 Å². The zero-order valence-corrected chi connectivity index (χ0v) is 10.2. The van der Waals surface area contributed by atoms with Gasteiger partial charge in [-0.3, -0.25) is 4.68 Å². The molecule has 0 amide bonds. The molecule has 88 valence electrons. The summed E-state index contributed by atoms with van der Waals surface area (Å²) >= 11 is 0. The van der Waals surface area contributed by atoms with Crippen molar-refractivity contribution < 1.29 is 0 Å². The maximum Gasteiger partial charge on any atom is 0.0726 e. The van der Waals surface area contributed by atoms with Gasteiger partial charge >= 0.3 is 0 Å². The number of aromatic nitrogens is 2. The summed E-state index contributed by atoms with van der Waals surface area (Å²) in [5, 5.41) is 7.79. The second-order valence-electron chi connectivity index (χ2n) is 4.83. The second kappa shape index (κ2) is 5.19. The highest BCUT2D eigenvalue weighted by molar-refractivity contribution is 5.38. The lowest BCUT2D eigenvalue weighted by Crippen LogP contribution is -2.15. The molecule has 0 aromatic carbocycles. The lowest BCUT2D eigenvalue weighted by Gasteiger charge is -2.17. The third kappa shape index (κ3) is 2.87.